The van der Waals surface area contributed by atoms with Crippen LogP contribution in [-0.4, -0.2) is 35.0 Å². The molecule has 2 fully saturated rings. The quantitative estimate of drug-likeness (QED) is 0.462. The van der Waals surface area contributed by atoms with Gasteiger partial charge >= 0.3 is 0 Å². The van der Waals surface area contributed by atoms with Crippen LogP contribution < -0.4 is 0 Å². The van der Waals surface area contributed by atoms with Gasteiger partial charge in [0.05, 0.1) is 22.9 Å². The van der Waals surface area contributed by atoms with Crippen molar-refractivity contribution in [3.05, 3.63) is 37.5 Å². The molecule has 0 radical (unpaired) electrons. The summed E-state index contributed by atoms with van der Waals surface area (Å²) in [5.74, 6) is -0.126. The summed E-state index contributed by atoms with van der Waals surface area (Å²) in [6.07, 6.45) is 10.2. The number of carbonyl (C=O) groups is 1. The molecule has 5 atom stereocenters. The monoisotopic (exact) mass is 362 g/mol. The second-order valence-electron chi connectivity index (χ2n) is 8.56. The third-order valence-electron chi connectivity index (χ3n) is 5.58. The molecule has 0 aromatic heterocycles. The van der Waals surface area contributed by atoms with E-state index in [0.29, 0.717) is 0 Å². The first-order valence-electron chi connectivity index (χ1n) is 9.55. The molecule has 26 heavy (non-hydrogen) atoms. The zero-order chi connectivity index (χ0) is 19.6. The van der Waals surface area contributed by atoms with Crippen LogP contribution in [0.2, 0.25) is 0 Å². The summed E-state index contributed by atoms with van der Waals surface area (Å²) in [7, 11) is 0. The van der Waals surface area contributed by atoms with E-state index < -0.39 is 5.60 Å². The zero-order valence-electron chi connectivity index (χ0n) is 16.9. The summed E-state index contributed by atoms with van der Waals surface area (Å²) in [6.45, 7) is 17.5. The lowest BCUT2D eigenvalue weighted by Crippen LogP contribution is -2.32. The molecule has 0 aromatic rings. The molecule has 0 saturated carbocycles. The molecule has 4 heteroatoms. The Kier molecular flexibility index (Phi) is 6.32. The topological polar surface area (TPSA) is 44.8 Å². The van der Waals surface area contributed by atoms with Crippen LogP contribution >= 0.6 is 0 Å². The highest BCUT2D eigenvalue weighted by Gasteiger charge is 2.38. The van der Waals surface area contributed by atoms with Crippen LogP contribution in [0, 0.1) is 5.92 Å². The Morgan fingerprint density at radius 3 is 2.27 bits per heavy atom. The average molecular weight is 363 g/mol. The highest BCUT2D eigenvalue weighted by Crippen LogP contribution is 2.35. The molecule has 0 N–H and O–H groups in total. The summed E-state index contributed by atoms with van der Waals surface area (Å²) in [4.78, 5) is 12.6. The van der Waals surface area contributed by atoms with E-state index in [1.54, 1.807) is 6.08 Å². The van der Waals surface area contributed by atoms with Gasteiger partial charge in [-0.1, -0.05) is 19.1 Å². The number of ketones is 1. The molecule has 0 bridgehead atoms. The molecular weight excluding hydrogens is 328 g/mol. The SMILES string of the molecule is C=C[C@@]1(C)CC[C@@H]([C@H](C)C(=O)/C=C/C(C)(C)O[C@H]2CC[C@@](C)(C=C)O2)O1. The largest absolute Gasteiger partial charge is 0.367 e. The van der Waals surface area contributed by atoms with Crippen LogP contribution in [0.1, 0.15) is 60.3 Å². The lowest BCUT2D eigenvalue weighted by molar-refractivity contribution is -0.189. The van der Waals surface area contributed by atoms with Gasteiger partial charge in [0.1, 0.15) is 0 Å². The molecule has 2 aliphatic rings. The first-order chi connectivity index (χ1) is 12.0. The highest BCUT2D eigenvalue weighted by molar-refractivity contribution is 5.92. The smallest absolute Gasteiger partial charge is 0.160 e. The zero-order valence-corrected chi connectivity index (χ0v) is 16.9. The number of hydrogen-bond acceptors (Lipinski definition) is 4. The Labute approximate surface area is 158 Å². The van der Waals surface area contributed by atoms with Gasteiger partial charge in [0.15, 0.2) is 12.1 Å². The molecule has 2 aliphatic heterocycles. The van der Waals surface area contributed by atoms with Crippen molar-refractivity contribution in [1.82, 2.24) is 0 Å². The Bertz CT molecular complexity index is 579. The van der Waals surface area contributed by atoms with Crippen molar-refractivity contribution in [2.45, 2.75) is 89.5 Å². The third-order valence-corrected chi connectivity index (χ3v) is 5.58. The van der Waals surface area contributed by atoms with E-state index >= 15 is 0 Å². The van der Waals surface area contributed by atoms with E-state index in [1.165, 1.54) is 0 Å². The first-order valence-corrected chi connectivity index (χ1v) is 9.55. The lowest BCUT2D eigenvalue weighted by atomic mass is 9.94. The summed E-state index contributed by atoms with van der Waals surface area (Å²) in [5.41, 5.74) is -1.23. The maximum atomic E-state index is 12.6. The Balaban J connectivity index is 1.90. The summed E-state index contributed by atoms with van der Waals surface area (Å²) < 4.78 is 18.0. The lowest BCUT2D eigenvalue weighted by Gasteiger charge is -2.28. The molecule has 2 saturated heterocycles. The average Bonchev–Trinajstić information content (AvgIpc) is 3.16. The predicted molar refractivity (Wildman–Crippen MR) is 104 cm³/mol. The van der Waals surface area contributed by atoms with E-state index in [4.69, 9.17) is 14.2 Å². The molecule has 0 unspecified atom stereocenters. The van der Waals surface area contributed by atoms with Crippen molar-refractivity contribution in [2.24, 2.45) is 5.92 Å². The van der Waals surface area contributed by atoms with Gasteiger partial charge < -0.3 is 14.2 Å². The minimum Gasteiger partial charge on any atom is -0.367 e. The predicted octanol–water partition coefficient (Wildman–Crippen LogP) is 4.75. The van der Waals surface area contributed by atoms with E-state index in [2.05, 4.69) is 13.2 Å². The van der Waals surface area contributed by atoms with Crippen molar-refractivity contribution in [3.63, 3.8) is 0 Å². The van der Waals surface area contributed by atoms with Crippen LogP contribution in [0.15, 0.2) is 37.5 Å². The first kappa shape index (κ1) is 21.1. The van der Waals surface area contributed by atoms with Crippen molar-refractivity contribution < 1.29 is 19.0 Å². The Morgan fingerprint density at radius 1 is 1.15 bits per heavy atom. The number of carbonyl (C=O) groups excluding carboxylic acids is 1. The van der Waals surface area contributed by atoms with Gasteiger partial charge in [0.25, 0.3) is 0 Å². The Hall–Kier alpha value is -1.23. The molecule has 146 valence electrons. The van der Waals surface area contributed by atoms with Crippen LogP contribution in [0.5, 0.6) is 0 Å². The Morgan fingerprint density at radius 2 is 1.73 bits per heavy atom. The minimum atomic E-state index is -0.585. The fraction of sp³-hybridized carbons (Fsp3) is 0.682. The van der Waals surface area contributed by atoms with Gasteiger partial charge in [-0.05, 0) is 59.1 Å². The molecule has 0 amide bonds. The van der Waals surface area contributed by atoms with E-state index in [9.17, 15) is 4.79 Å². The van der Waals surface area contributed by atoms with Crippen LogP contribution in [0.25, 0.3) is 0 Å². The molecule has 0 spiro atoms. The van der Waals surface area contributed by atoms with Gasteiger partial charge in [-0.15, -0.1) is 13.2 Å². The second-order valence-corrected chi connectivity index (χ2v) is 8.56. The second kappa shape index (κ2) is 7.79. The standard InChI is InChI=1S/C22H34O4/c1-8-21(6)14-11-18(24-21)16(3)17(23)10-13-20(4,5)25-19-12-15-22(7,9-2)26-19/h8-10,13,16,18-19H,1-2,11-12,14-15H2,3-7H3/b13-10+/t16-,18+,19-,21+,22-/m1/s1. The third kappa shape index (κ3) is 5.15. The fourth-order valence-corrected chi connectivity index (χ4v) is 3.45. The molecular formula is C22H34O4. The van der Waals surface area contributed by atoms with Gasteiger partial charge in [-0.2, -0.15) is 0 Å². The molecule has 2 heterocycles. The van der Waals surface area contributed by atoms with Crippen molar-refractivity contribution in [2.75, 3.05) is 0 Å². The van der Waals surface area contributed by atoms with Gasteiger partial charge in [-0.25, -0.2) is 0 Å². The maximum absolute atomic E-state index is 12.6. The van der Waals surface area contributed by atoms with E-state index in [0.717, 1.165) is 25.7 Å². The highest BCUT2D eigenvalue weighted by atomic mass is 16.7. The van der Waals surface area contributed by atoms with Crippen molar-refractivity contribution in [3.8, 4) is 0 Å². The summed E-state index contributed by atoms with van der Waals surface area (Å²) in [5, 5.41) is 0. The van der Waals surface area contributed by atoms with Gasteiger partial charge in [0, 0.05) is 12.3 Å². The summed E-state index contributed by atoms with van der Waals surface area (Å²) >= 11 is 0. The van der Waals surface area contributed by atoms with Gasteiger partial charge in [0.2, 0.25) is 0 Å². The minimum absolute atomic E-state index is 0.0586. The number of rotatable bonds is 8. The maximum Gasteiger partial charge on any atom is 0.160 e. The number of hydrogen-bond donors (Lipinski definition) is 0. The number of allylic oxidation sites excluding steroid dienone is 1. The summed E-state index contributed by atoms with van der Waals surface area (Å²) in [6, 6.07) is 0. The number of ether oxygens (including phenoxy) is 3. The van der Waals surface area contributed by atoms with Gasteiger partial charge in [-0.3, -0.25) is 4.79 Å². The fourth-order valence-electron chi connectivity index (χ4n) is 3.45. The molecule has 0 aliphatic carbocycles. The van der Waals surface area contributed by atoms with E-state index in [1.807, 2.05) is 52.8 Å². The van der Waals surface area contributed by atoms with Crippen molar-refractivity contribution >= 4 is 5.78 Å². The normalized spacial score (nSPS) is 36.3. The van der Waals surface area contributed by atoms with Crippen LogP contribution in [0.4, 0.5) is 0 Å². The van der Waals surface area contributed by atoms with Crippen LogP contribution in [0.3, 0.4) is 0 Å². The van der Waals surface area contributed by atoms with E-state index in [-0.39, 0.29) is 35.3 Å². The molecule has 0 aromatic carbocycles. The molecule has 4 nitrogen and oxygen atoms in total. The van der Waals surface area contributed by atoms with Crippen LogP contribution in [-0.2, 0) is 19.0 Å². The van der Waals surface area contributed by atoms with Crippen molar-refractivity contribution in [1.29, 1.82) is 0 Å². The molecule has 2 rings (SSSR count).